The van der Waals surface area contributed by atoms with E-state index in [4.69, 9.17) is 27.9 Å². The number of halogens is 2. The molecule has 0 bridgehead atoms. The van der Waals surface area contributed by atoms with Crippen LogP contribution in [0.15, 0.2) is 18.2 Å². The highest BCUT2D eigenvalue weighted by Crippen LogP contribution is 2.26. The number of carbonyl (C=O) groups excluding carboxylic acids is 2. The third kappa shape index (κ3) is 5.62. The predicted molar refractivity (Wildman–Crippen MR) is 111 cm³/mol. The first kappa shape index (κ1) is 21.4. The topological polar surface area (TPSA) is 58.6 Å². The molecule has 1 aromatic rings. The lowest BCUT2D eigenvalue weighted by Gasteiger charge is -2.25. The van der Waals surface area contributed by atoms with Crippen LogP contribution in [-0.2, 0) is 9.53 Å². The van der Waals surface area contributed by atoms with Gasteiger partial charge in [0.25, 0.3) is 5.91 Å². The van der Waals surface area contributed by atoms with Gasteiger partial charge in [-0.1, -0.05) is 42.5 Å². The smallest absolute Gasteiger partial charge is 0.256 e. The molecule has 1 aromatic carbocycles. The molecule has 5 nitrogen and oxygen atoms in total. The molecule has 1 unspecified atom stereocenters. The van der Waals surface area contributed by atoms with E-state index in [0.717, 1.165) is 25.7 Å². The number of carbonyl (C=O) groups is 2. The van der Waals surface area contributed by atoms with Crippen molar-refractivity contribution in [1.29, 1.82) is 0 Å². The van der Waals surface area contributed by atoms with E-state index in [9.17, 15) is 9.59 Å². The SMILES string of the molecule is O=C(NCCCOC1CCCCC1)C1CCCN1C(=O)c1cc(Cl)ccc1Cl. The fourth-order valence-electron chi connectivity index (χ4n) is 3.98. The van der Waals surface area contributed by atoms with Gasteiger partial charge < -0.3 is 15.0 Å². The molecule has 0 radical (unpaired) electrons. The van der Waals surface area contributed by atoms with Gasteiger partial charge in [0.15, 0.2) is 0 Å². The number of nitrogens with zero attached hydrogens (tertiary/aromatic N) is 1. The Bertz CT molecular complexity index is 692. The zero-order valence-electron chi connectivity index (χ0n) is 16.1. The Labute approximate surface area is 176 Å². The van der Waals surface area contributed by atoms with E-state index in [2.05, 4.69) is 5.32 Å². The Morgan fingerprint density at radius 1 is 1.11 bits per heavy atom. The predicted octanol–water partition coefficient (Wildman–Crippen LogP) is 4.45. The Morgan fingerprint density at radius 3 is 2.68 bits per heavy atom. The summed E-state index contributed by atoms with van der Waals surface area (Å²) >= 11 is 12.2. The average molecular weight is 427 g/mol. The number of likely N-dealkylation sites (tertiary alicyclic amines) is 1. The number of benzene rings is 1. The third-order valence-corrected chi connectivity index (χ3v) is 6.07. The monoisotopic (exact) mass is 426 g/mol. The third-order valence-electron chi connectivity index (χ3n) is 5.50. The van der Waals surface area contributed by atoms with Gasteiger partial charge in [0.05, 0.1) is 16.7 Å². The molecule has 3 rings (SSSR count). The number of ether oxygens (including phenoxy) is 1. The van der Waals surface area contributed by atoms with Crippen LogP contribution >= 0.6 is 23.2 Å². The molecule has 0 spiro atoms. The number of hydrogen-bond donors (Lipinski definition) is 1. The van der Waals surface area contributed by atoms with Crippen LogP contribution in [-0.4, -0.2) is 48.6 Å². The first-order chi connectivity index (χ1) is 13.6. The van der Waals surface area contributed by atoms with Gasteiger partial charge in [-0.25, -0.2) is 0 Å². The van der Waals surface area contributed by atoms with E-state index in [-0.39, 0.29) is 11.8 Å². The number of hydrogen-bond acceptors (Lipinski definition) is 3. The average Bonchev–Trinajstić information content (AvgIpc) is 3.19. The van der Waals surface area contributed by atoms with E-state index in [1.165, 1.54) is 19.3 Å². The van der Waals surface area contributed by atoms with E-state index in [0.29, 0.717) is 47.8 Å². The molecule has 1 aliphatic carbocycles. The van der Waals surface area contributed by atoms with Crippen molar-refractivity contribution in [2.45, 2.75) is 63.5 Å². The highest BCUT2D eigenvalue weighted by atomic mass is 35.5. The number of nitrogens with one attached hydrogen (secondary N) is 1. The van der Waals surface area contributed by atoms with E-state index in [1.807, 2.05) is 0 Å². The van der Waals surface area contributed by atoms with Gasteiger partial charge in [-0.3, -0.25) is 9.59 Å². The summed E-state index contributed by atoms with van der Waals surface area (Å²) in [5.74, 6) is -0.354. The molecule has 7 heteroatoms. The van der Waals surface area contributed by atoms with Crippen LogP contribution in [0.4, 0.5) is 0 Å². The molecule has 28 heavy (non-hydrogen) atoms. The lowest BCUT2D eigenvalue weighted by molar-refractivity contribution is -0.124. The molecule has 2 amide bonds. The minimum absolute atomic E-state index is 0.110. The van der Waals surface area contributed by atoms with Crippen LogP contribution in [0.5, 0.6) is 0 Å². The summed E-state index contributed by atoms with van der Waals surface area (Å²) in [5.41, 5.74) is 0.342. The van der Waals surface area contributed by atoms with Gasteiger partial charge in [-0.05, 0) is 50.3 Å². The van der Waals surface area contributed by atoms with Gasteiger partial charge in [-0.2, -0.15) is 0 Å². The van der Waals surface area contributed by atoms with Gasteiger partial charge in [-0.15, -0.1) is 0 Å². The van der Waals surface area contributed by atoms with E-state index >= 15 is 0 Å². The quantitative estimate of drug-likeness (QED) is 0.654. The second kappa shape index (κ2) is 10.5. The summed E-state index contributed by atoms with van der Waals surface area (Å²) < 4.78 is 5.89. The molecule has 1 saturated heterocycles. The van der Waals surface area contributed by atoms with Crippen molar-refractivity contribution in [3.05, 3.63) is 33.8 Å². The molecule has 2 aliphatic rings. The van der Waals surface area contributed by atoms with Crippen LogP contribution in [0.1, 0.15) is 61.7 Å². The maximum Gasteiger partial charge on any atom is 0.256 e. The molecule has 1 atom stereocenters. The van der Waals surface area contributed by atoms with Crippen molar-refractivity contribution in [2.75, 3.05) is 19.7 Å². The zero-order chi connectivity index (χ0) is 19.9. The van der Waals surface area contributed by atoms with Crippen LogP contribution in [0.3, 0.4) is 0 Å². The number of rotatable bonds is 7. The first-order valence-electron chi connectivity index (χ1n) is 10.2. The molecular weight excluding hydrogens is 399 g/mol. The van der Waals surface area contributed by atoms with Crippen LogP contribution in [0, 0.1) is 0 Å². The molecule has 1 heterocycles. The summed E-state index contributed by atoms with van der Waals surface area (Å²) in [6.45, 7) is 1.77. The molecule has 0 aromatic heterocycles. The minimum Gasteiger partial charge on any atom is -0.378 e. The summed E-state index contributed by atoms with van der Waals surface area (Å²) in [6, 6.07) is 4.35. The lowest BCUT2D eigenvalue weighted by Crippen LogP contribution is -2.46. The summed E-state index contributed by atoms with van der Waals surface area (Å²) in [5, 5.41) is 3.75. The van der Waals surface area contributed by atoms with Gasteiger partial charge in [0.1, 0.15) is 6.04 Å². The Hall–Kier alpha value is -1.30. The Balaban J connectivity index is 1.46. The summed E-state index contributed by atoms with van der Waals surface area (Å²) in [4.78, 5) is 27.1. The molecule has 1 aliphatic heterocycles. The first-order valence-corrected chi connectivity index (χ1v) is 11.0. The van der Waals surface area contributed by atoms with E-state index < -0.39 is 6.04 Å². The highest BCUT2D eigenvalue weighted by molar-refractivity contribution is 6.35. The van der Waals surface area contributed by atoms with Crippen molar-refractivity contribution in [3.63, 3.8) is 0 Å². The molecule has 1 N–H and O–H groups in total. The van der Waals surface area contributed by atoms with Gasteiger partial charge in [0.2, 0.25) is 5.91 Å². The fraction of sp³-hybridized carbons (Fsp3) is 0.619. The summed E-state index contributed by atoms with van der Waals surface area (Å²) in [7, 11) is 0. The van der Waals surface area contributed by atoms with E-state index in [1.54, 1.807) is 23.1 Å². The fourth-order valence-corrected chi connectivity index (χ4v) is 4.35. The molecular formula is C21H28Cl2N2O3. The molecule has 154 valence electrons. The maximum atomic E-state index is 12.9. The standard InChI is InChI=1S/C21H28Cl2N2O3/c22-15-9-10-18(23)17(14-15)21(27)25-12-4-8-19(25)20(26)24-11-5-13-28-16-6-2-1-3-7-16/h9-10,14,16,19H,1-8,11-13H2,(H,24,26). The van der Waals surface area contributed by atoms with Crippen LogP contribution < -0.4 is 5.32 Å². The van der Waals surface area contributed by atoms with Gasteiger partial charge in [0, 0.05) is 24.7 Å². The second-order valence-electron chi connectivity index (χ2n) is 7.56. The summed E-state index contributed by atoms with van der Waals surface area (Å²) in [6.07, 6.45) is 8.74. The van der Waals surface area contributed by atoms with Crippen molar-refractivity contribution in [2.24, 2.45) is 0 Å². The second-order valence-corrected chi connectivity index (χ2v) is 8.40. The zero-order valence-corrected chi connectivity index (χ0v) is 17.6. The molecule has 2 fully saturated rings. The largest absolute Gasteiger partial charge is 0.378 e. The van der Waals surface area contributed by atoms with Crippen LogP contribution in [0.25, 0.3) is 0 Å². The molecule has 1 saturated carbocycles. The Kier molecular flexibility index (Phi) is 8.00. The Morgan fingerprint density at radius 2 is 1.89 bits per heavy atom. The highest BCUT2D eigenvalue weighted by Gasteiger charge is 2.35. The van der Waals surface area contributed by atoms with Crippen molar-refractivity contribution in [3.8, 4) is 0 Å². The van der Waals surface area contributed by atoms with Crippen molar-refractivity contribution < 1.29 is 14.3 Å². The van der Waals surface area contributed by atoms with Crippen molar-refractivity contribution in [1.82, 2.24) is 10.2 Å². The van der Waals surface area contributed by atoms with Gasteiger partial charge >= 0.3 is 0 Å². The normalized spacial score (nSPS) is 20.4. The minimum atomic E-state index is -0.457. The maximum absolute atomic E-state index is 12.9. The number of amides is 2. The van der Waals surface area contributed by atoms with Crippen molar-refractivity contribution >= 4 is 35.0 Å². The lowest BCUT2D eigenvalue weighted by atomic mass is 9.98. The van der Waals surface area contributed by atoms with Crippen LogP contribution in [0.2, 0.25) is 10.0 Å².